The lowest BCUT2D eigenvalue weighted by Gasteiger charge is -2.30. The molecular formula is C12H19ClN2O2. The van der Waals surface area contributed by atoms with Gasteiger partial charge in [-0.15, -0.1) is 12.4 Å². The molecule has 1 saturated heterocycles. The largest absolute Gasteiger partial charge is 0.497 e. The molecule has 5 heteroatoms. The molecule has 0 radical (unpaired) electrons. The number of piperazine rings is 1. The summed E-state index contributed by atoms with van der Waals surface area (Å²) in [6, 6.07) is 5.91. The number of rotatable bonds is 3. The zero-order chi connectivity index (χ0) is 11.4. The standard InChI is InChI=1S/C12H18N2O2.ClH/c1-15-10-3-4-12(16-2)11(9-10)14-7-5-13-6-8-14;/h3-4,9,13H,5-8H2,1-2H3;1H. The molecule has 1 fully saturated rings. The highest BCUT2D eigenvalue weighted by molar-refractivity contribution is 5.85. The van der Waals surface area contributed by atoms with Crippen molar-refractivity contribution < 1.29 is 9.47 Å². The molecule has 17 heavy (non-hydrogen) atoms. The fraction of sp³-hybridized carbons (Fsp3) is 0.500. The molecule has 0 bridgehead atoms. The van der Waals surface area contributed by atoms with Crippen molar-refractivity contribution in [2.24, 2.45) is 0 Å². The van der Waals surface area contributed by atoms with Gasteiger partial charge in [-0.2, -0.15) is 0 Å². The van der Waals surface area contributed by atoms with Gasteiger partial charge in [0.1, 0.15) is 11.5 Å². The van der Waals surface area contributed by atoms with Crippen LogP contribution in [0, 0.1) is 0 Å². The SMILES string of the molecule is COc1ccc(OC)c(N2CCNCC2)c1.Cl. The van der Waals surface area contributed by atoms with Crippen LogP contribution in [0.5, 0.6) is 11.5 Å². The number of nitrogens with one attached hydrogen (secondary N) is 1. The maximum absolute atomic E-state index is 5.38. The minimum absolute atomic E-state index is 0. The Morgan fingerprint density at radius 3 is 2.41 bits per heavy atom. The number of anilines is 1. The maximum atomic E-state index is 5.38. The minimum atomic E-state index is 0. The summed E-state index contributed by atoms with van der Waals surface area (Å²) in [7, 11) is 3.39. The summed E-state index contributed by atoms with van der Waals surface area (Å²) in [6.45, 7) is 4.04. The van der Waals surface area contributed by atoms with Crippen molar-refractivity contribution in [3.05, 3.63) is 18.2 Å². The Bertz CT molecular complexity index is 354. The molecular weight excluding hydrogens is 240 g/mol. The van der Waals surface area contributed by atoms with Gasteiger partial charge in [0.2, 0.25) is 0 Å². The van der Waals surface area contributed by atoms with E-state index >= 15 is 0 Å². The highest BCUT2D eigenvalue weighted by Crippen LogP contribution is 2.32. The number of nitrogens with zero attached hydrogens (tertiary/aromatic N) is 1. The second-order valence-electron chi connectivity index (χ2n) is 3.77. The van der Waals surface area contributed by atoms with E-state index in [0.717, 1.165) is 43.4 Å². The van der Waals surface area contributed by atoms with Crippen LogP contribution in [0.2, 0.25) is 0 Å². The predicted octanol–water partition coefficient (Wildman–Crippen LogP) is 1.54. The second-order valence-corrected chi connectivity index (χ2v) is 3.77. The molecule has 0 atom stereocenters. The molecule has 4 nitrogen and oxygen atoms in total. The van der Waals surface area contributed by atoms with Crippen LogP contribution in [0.25, 0.3) is 0 Å². The van der Waals surface area contributed by atoms with Crippen molar-refractivity contribution in [1.82, 2.24) is 5.32 Å². The van der Waals surface area contributed by atoms with Crippen LogP contribution in [0.15, 0.2) is 18.2 Å². The van der Waals surface area contributed by atoms with Gasteiger partial charge in [-0.3, -0.25) is 0 Å². The Balaban J connectivity index is 0.00000144. The van der Waals surface area contributed by atoms with Gasteiger partial charge in [0.05, 0.1) is 19.9 Å². The summed E-state index contributed by atoms with van der Waals surface area (Å²) in [6.07, 6.45) is 0. The summed E-state index contributed by atoms with van der Waals surface area (Å²) in [4.78, 5) is 2.32. The highest BCUT2D eigenvalue weighted by Gasteiger charge is 2.15. The van der Waals surface area contributed by atoms with E-state index in [9.17, 15) is 0 Å². The number of ether oxygens (including phenoxy) is 2. The maximum Gasteiger partial charge on any atom is 0.142 e. The molecule has 1 heterocycles. The van der Waals surface area contributed by atoms with Gasteiger partial charge in [0.15, 0.2) is 0 Å². The first-order chi connectivity index (χ1) is 7.85. The zero-order valence-electron chi connectivity index (χ0n) is 10.2. The molecule has 96 valence electrons. The van der Waals surface area contributed by atoms with Crippen LogP contribution in [0.3, 0.4) is 0 Å². The van der Waals surface area contributed by atoms with Crippen molar-refractivity contribution in [1.29, 1.82) is 0 Å². The van der Waals surface area contributed by atoms with Gasteiger partial charge in [-0.05, 0) is 12.1 Å². The molecule has 0 aliphatic carbocycles. The number of hydrogen-bond donors (Lipinski definition) is 1. The van der Waals surface area contributed by atoms with E-state index in [4.69, 9.17) is 9.47 Å². The second kappa shape index (κ2) is 6.57. The third-order valence-electron chi connectivity index (χ3n) is 2.84. The summed E-state index contributed by atoms with van der Waals surface area (Å²) >= 11 is 0. The van der Waals surface area contributed by atoms with E-state index in [2.05, 4.69) is 10.2 Å². The first-order valence-corrected chi connectivity index (χ1v) is 5.53. The van der Waals surface area contributed by atoms with E-state index < -0.39 is 0 Å². The molecule has 0 amide bonds. The molecule has 0 spiro atoms. The Morgan fingerprint density at radius 2 is 1.82 bits per heavy atom. The average Bonchev–Trinajstić information content (AvgIpc) is 2.39. The third kappa shape index (κ3) is 3.17. The first kappa shape index (κ1) is 13.9. The molecule has 0 saturated carbocycles. The normalized spacial score (nSPS) is 15.1. The smallest absolute Gasteiger partial charge is 0.142 e. The number of benzene rings is 1. The lowest BCUT2D eigenvalue weighted by Crippen LogP contribution is -2.43. The van der Waals surface area contributed by atoms with Gasteiger partial charge in [0, 0.05) is 32.2 Å². The first-order valence-electron chi connectivity index (χ1n) is 5.53. The summed E-state index contributed by atoms with van der Waals surface area (Å²) in [5, 5.41) is 3.34. The summed E-state index contributed by atoms with van der Waals surface area (Å²) < 4.78 is 10.6. The van der Waals surface area contributed by atoms with Crippen LogP contribution in [-0.4, -0.2) is 40.4 Å². The van der Waals surface area contributed by atoms with Gasteiger partial charge < -0.3 is 19.7 Å². The van der Waals surface area contributed by atoms with E-state index in [1.165, 1.54) is 0 Å². The van der Waals surface area contributed by atoms with Gasteiger partial charge >= 0.3 is 0 Å². The average molecular weight is 259 g/mol. The minimum Gasteiger partial charge on any atom is -0.497 e. The molecule has 1 aliphatic heterocycles. The van der Waals surface area contributed by atoms with E-state index in [1.54, 1.807) is 14.2 Å². The van der Waals surface area contributed by atoms with Crippen LogP contribution >= 0.6 is 12.4 Å². The van der Waals surface area contributed by atoms with Crippen molar-refractivity contribution in [3.8, 4) is 11.5 Å². The van der Waals surface area contributed by atoms with Crippen molar-refractivity contribution in [2.75, 3.05) is 45.3 Å². The Hall–Kier alpha value is -1.13. The van der Waals surface area contributed by atoms with Crippen LogP contribution in [-0.2, 0) is 0 Å². The van der Waals surface area contributed by atoms with E-state index in [0.29, 0.717) is 0 Å². The lowest BCUT2D eigenvalue weighted by atomic mass is 10.2. The van der Waals surface area contributed by atoms with Crippen molar-refractivity contribution >= 4 is 18.1 Å². The Kier molecular flexibility index (Phi) is 5.38. The van der Waals surface area contributed by atoms with Gasteiger partial charge in [-0.25, -0.2) is 0 Å². The van der Waals surface area contributed by atoms with Gasteiger partial charge in [-0.1, -0.05) is 0 Å². The number of halogens is 1. The quantitative estimate of drug-likeness (QED) is 0.892. The van der Waals surface area contributed by atoms with Crippen molar-refractivity contribution in [3.63, 3.8) is 0 Å². The molecule has 1 N–H and O–H groups in total. The van der Waals surface area contributed by atoms with Crippen LogP contribution < -0.4 is 19.7 Å². The van der Waals surface area contributed by atoms with Crippen LogP contribution in [0.4, 0.5) is 5.69 Å². The topological polar surface area (TPSA) is 33.7 Å². The third-order valence-corrected chi connectivity index (χ3v) is 2.84. The van der Waals surface area contributed by atoms with Crippen molar-refractivity contribution in [2.45, 2.75) is 0 Å². The van der Waals surface area contributed by atoms with E-state index in [-0.39, 0.29) is 12.4 Å². The highest BCUT2D eigenvalue weighted by atomic mass is 35.5. The van der Waals surface area contributed by atoms with E-state index in [1.807, 2.05) is 18.2 Å². The Labute approximate surface area is 108 Å². The summed E-state index contributed by atoms with van der Waals surface area (Å²) in [5.41, 5.74) is 1.11. The molecule has 1 aromatic rings. The zero-order valence-corrected chi connectivity index (χ0v) is 11.0. The number of hydrogen-bond acceptors (Lipinski definition) is 4. The van der Waals surface area contributed by atoms with Gasteiger partial charge in [0.25, 0.3) is 0 Å². The molecule has 0 aromatic heterocycles. The molecule has 0 unspecified atom stereocenters. The monoisotopic (exact) mass is 258 g/mol. The fourth-order valence-corrected chi connectivity index (χ4v) is 1.95. The van der Waals surface area contributed by atoms with Crippen LogP contribution in [0.1, 0.15) is 0 Å². The Morgan fingerprint density at radius 1 is 1.12 bits per heavy atom. The summed E-state index contributed by atoms with van der Waals surface area (Å²) in [5.74, 6) is 1.78. The predicted molar refractivity (Wildman–Crippen MR) is 71.9 cm³/mol. The number of methoxy groups -OCH3 is 2. The molecule has 1 aromatic carbocycles. The fourth-order valence-electron chi connectivity index (χ4n) is 1.95. The molecule has 1 aliphatic rings. The lowest BCUT2D eigenvalue weighted by molar-refractivity contribution is 0.402. The molecule has 2 rings (SSSR count).